The molecule has 0 bridgehead atoms. The Morgan fingerprint density at radius 2 is 1.76 bits per heavy atom. The molecule has 0 amide bonds. The third-order valence-corrected chi connectivity index (χ3v) is 1.78. The molecular formula is C13H24O4. The molecule has 0 aliphatic rings. The van der Waals surface area contributed by atoms with Gasteiger partial charge in [0.05, 0.1) is 5.60 Å². The summed E-state index contributed by atoms with van der Waals surface area (Å²) in [7, 11) is 0. The first-order chi connectivity index (χ1) is 7.56. The van der Waals surface area contributed by atoms with Crippen LogP contribution in [0.25, 0.3) is 0 Å². The van der Waals surface area contributed by atoms with Crippen LogP contribution in [0.3, 0.4) is 0 Å². The fourth-order valence-corrected chi connectivity index (χ4v) is 1.25. The van der Waals surface area contributed by atoms with E-state index in [1.807, 2.05) is 41.5 Å². The lowest BCUT2D eigenvalue weighted by Crippen LogP contribution is -2.34. The van der Waals surface area contributed by atoms with Crippen LogP contribution in [0.5, 0.6) is 0 Å². The van der Waals surface area contributed by atoms with E-state index in [-0.39, 0.29) is 11.7 Å². The van der Waals surface area contributed by atoms with E-state index in [1.54, 1.807) is 0 Å². The Bertz CT molecular complexity index is 263. The number of carbonyl (C=O) groups is 1. The molecule has 100 valence electrons. The number of hydrogen-bond acceptors (Lipinski definition) is 4. The van der Waals surface area contributed by atoms with Gasteiger partial charge in [-0.3, -0.25) is 0 Å². The Morgan fingerprint density at radius 1 is 1.24 bits per heavy atom. The van der Waals surface area contributed by atoms with Crippen molar-refractivity contribution in [1.29, 1.82) is 0 Å². The second-order valence-electron chi connectivity index (χ2n) is 5.69. The van der Waals surface area contributed by atoms with Crippen molar-refractivity contribution in [3.8, 4) is 0 Å². The zero-order valence-electron chi connectivity index (χ0n) is 11.7. The van der Waals surface area contributed by atoms with Gasteiger partial charge in [0.15, 0.2) is 0 Å². The molecule has 1 unspecified atom stereocenters. The minimum absolute atomic E-state index is 0.251. The molecule has 0 spiro atoms. The van der Waals surface area contributed by atoms with Crippen LogP contribution in [0.4, 0.5) is 0 Å². The third kappa shape index (κ3) is 8.89. The van der Waals surface area contributed by atoms with Crippen molar-refractivity contribution < 1.29 is 19.3 Å². The highest BCUT2D eigenvalue weighted by atomic mass is 17.2. The molecule has 4 nitrogen and oxygen atoms in total. The van der Waals surface area contributed by atoms with Gasteiger partial charge in [-0.05, 0) is 41.5 Å². The van der Waals surface area contributed by atoms with E-state index in [1.165, 1.54) is 0 Å². The molecule has 0 aliphatic heterocycles. The van der Waals surface area contributed by atoms with Gasteiger partial charge >= 0.3 is 5.97 Å². The normalized spacial score (nSPS) is 14.2. The second kappa shape index (κ2) is 6.17. The van der Waals surface area contributed by atoms with Crippen molar-refractivity contribution >= 4 is 5.97 Å². The molecule has 0 aromatic carbocycles. The lowest BCUT2D eigenvalue weighted by Gasteiger charge is -2.30. The van der Waals surface area contributed by atoms with Gasteiger partial charge in [0.2, 0.25) is 0 Å². The summed E-state index contributed by atoms with van der Waals surface area (Å²) in [6.07, 6.45) is 1.44. The first kappa shape index (κ1) is 16.1. The van der Waals surface area contributed by atoms with E-state index in [0.717, 1.165) is 6.08 Å². The van der Waals surface area contributed by atoms with E-state index in [4.69, 9.17) is 14.5 Å². The molecule has 4 heteroatoms. The van der Waals surface area contributed by atoms with Crippen LogP contribution < -0.4 is 0 Å². The maximum absolute atomic E-state index is 11.0. The first-order valence-electron chi connectivity index (χ1n) is 5.75. The SMILES string of the molecule is C=CC(=O)OC(C)CC(C)(C)OOC(C)(C)C. The van der Waals surface area contributed by atoms with Crippen molar-refractivity contribution in [3.05, 3.63) is 12.7 Å². The third-order valence-electron chi connectivity index (χ3n) is 1.78. The molecule has 0 saturated carbocycles. The maximum Gasteiger partial charge on any atom is 0.330 e. The molecule has 0 saturated heterocycles. The van der Waals surface area contributed by atoms with Gasteiger partial charge in [0.1, 0.15) is 11.7 Å². The largest absolute Gasteiger partial charge is 0.459 e. The molecule has 0 aromatic heterocycles. The molecule has 17 heavy (non-hydrogen) atoms. The predicted octanol–water partition coefficient (Wildman–Crippen LogP) is 3.02. The van der Waals surface area contributed by atoms with Crippen LogP contribution in [0.15, 0.2) is 12.7 Å². The van der Waals surface area contributed by atoms with Crippen LogP contribution in [0.2, 0.25) is 0 Å². The van der Waals surface area contributed by atoms with Gasteiger partial charge < -0.3 is 4.74 Å². The molecule has 0 aromatic rings. The number of rotatable bonds is 6. The fourth-order valence-electron chi connectivity index (χ4n) is 1.25. The molecule has 0 aliphatic carbocycles. The van der Waals surface area contributed by atoms with E-state index in [2.05, 4.69) is 6.58 Å². The van der Waals surface area contributed by atoms with Gasteiger partial charge in [-0.2, -0.15) is 0 Å². The molecular weight excluding hydrogens is 220 g/mol. The Labute approximate surface area is 104 Å². The monoisotopic (exact) mass is 244 g/mol. The van der Waals surface area contributed by atoms with Crippen molar-refractivity contribution in [1.82, 2.24) is 0 Å². The topological polar surface area (TPSA) is 44.8 Å². The molecule has 1 atom stereocenters. The summed E-state index contributed by atoms with van der Waals surface area (Å²) in [6, 6.07) is 0. The summed E-state index contributed by atoms with van der Waals surface area (Å²) in [5, 5.41) is 0. The van der Waals surface area contributed by atoms with Gasteiger partial charge in [0, 0.05) is 12.5 Å². The summed E-state index contributed by atoms with van der Waals surface area (Å²) in [4.78, 5) is 21.6. The Morgan fingerprint density at radius 3 is 2.18 bits per heavy atom. The molecule has 0 rings (SSSR count). The molecule has 0 radical (unpaired) electrons. The van der Waals surface area contributed by atoms with E-state index < -0.39 is 11.6 Å². The molecule has 0 fully saturated rings. The zero-order chi connectivity index (χ0) is 13.7. The van der Waals surface area contributed by atoms with Gasteiger partial charge in [-0.15, -0.1) is 0 Å². The Kier molecular flexibility index (Phi) is 5.85. The van der Waals surface area contributed by atoms with E-state index in [9.17, 15) is 4.79 Å². The lowest BCUT2D eigenvalue weighted by molar-refractivity contribution is -0.399. The number of esters is 1. The summed E-state index contributed by atoms with van der Waals surface area (Å²) in [5.41, 5.74) is -0.882. The van der Waals surface area contributed by atoms with Crippen LogP contribution in [-0.4, -0.2) is 23.3 Å². The summed E-state index contributed by atoms with van der Waals surface area (Å²) >= 11 is 0. The smallest absolute Gasteiger partial charge is 0.330 e. The van der Waals surface area contributed by atoms with Crippen molar-refractivity contribution in [2.75, 3.05) is 0 Å². The summed E-state index contributed by atoms with van der Waals surface area (Å²) in [6.45, 7) is 14.7. The molecule has 0 N–H and O–H groups in total. The Balaban J connectivity index is 4.15. The number of ether oxygens (including phenoxy) is 1. The fraction of sp³-hybridized carbons (Fsp3) is 0.769. The second-order valence-corrected chi connectivity index (χ2v) is 5.69. The van der Waals surface area contributed by atoms with Gasteiger partial charge in [-0.1, -0.05) is 6.58 Å². The average molecular weight is 244 g/mol. The summed E-state index contributed by atoms with van der Waals surface area (Å²) < 4.78 is 5.07. The van der Waals surface area contributed by atoms with Crippen LogP contribution >= 0.6 is 0 Å². The van der Waals surface area contributed by atoms with Crippen molar-refractivity contribution in [2.45, 2.75) is 65.3 Å². The van der Waals surface area contributed by atoms with Crippen LogP contribution in [0.1, 0.15) is 48.0 Å². The highest BCUT2D eigenvalue weighted by Gasteiger charge is 2.27. The standard InChI is InChI=1S/C13H24O4/c1-8-11(14)15-10(2)9-13(6,7)17-16-12(3,4)5/h8,10H,1,9H2,2-7H3. The number of hydrogen-bond donors (Lipinski definition) is 0. The molecule has 0 heterocycles. The highest BCUT2D eigenvalue weighted by molar-refractivity contribution is 5.81. The van der Waals surface area contributed by atoms with Crippen LogP contribution in [0, 0.1) is 0 Å². The Hall–Kier alpha value is -0.870. The van der Waals surface area contributed by atoms with Gasteiger partial charge in [0.25, 0.3) is 0 Å². The highest BCUT2D eigenvalue weighted by Crippen LogP contribution is 2.22. The van der Waals surface area contributed by atoms with Crippen molar-refractivity contribution in [2.24, 2.45) is 0 Å². The minimum atomic E-state index is -0.520. The minimum Gasteiger partial charge on any atom is -0.459 e. The zero-order valence-corrected chi connectivity index (χ0v) is 11.7. The quantitative estimate of drug-likeness (QED) is 0.312. The predicted molar refractivity (Wildman–Crippen MR) is 66.4 cm³/mol. The van der Waals surface area contributed by atoms with E-state index >= 15 is 0 Å². The van der Waals surface area contributed by atoms with Crippen LogP contribution in [-0.2, 0) is 19.3 Å². The summed E-state index contributed by atoms with van der Waals surface area (Å²) in [5.74, 6) is -0.426. The van der Waals surface area contributed by atoms with Crippen molar-refractivity contribution in [3.63, 3.8) is 0 Å². The average Bonchev–Trinajstić information content (AvgIpc) is 2.12. The maximum atomic E-state index is 11.0. The first-order valence-corrected chi connectivity index (χ1v) is 5.75. The number of carbonyl (C=O) groups excluding carboxylic acids is 1. The lowest BCUT2D eigenvalue weighted by atomic mass is 10.0. The van der Waals surface area contributed by atoms with Gasteiger partial charge in [-0.25, -0.2) is 14.6 Å². The van der Waals surface area contributed by atoms with E-state index in [0.29, 0.717) is 6.42 Å².